The highest BCUT2D eigenvalue weighted by atomic mass is 16.5. The third-order valence-corrected chi connectivity index (χ3v) is 3.80. The van der Waals surface area contributed by atoms with Crippen molar-refractivity contribution in [2.24, 2.45) is 0 Å². The number of rotatable bonds is 4. The molecule has 0 saturated heterocycles. The highest BCUT2D eigenvalue weighted by Crippen LogP contribution is 2.26. The number of Topliss-reactive ketones (excluding diaryl/α,β-unsaturated/α-hetero) is 1. The Morgan fingerprint density at radius 3 is 2.57 bits per heavy atom. The van der Waals surface area contributed by atoms with Crippen LogP contribution in [0.3, 0.4) is 0 Å². The molecule has 23 heavy (non-hydrogen) atoms. The maximum atomic E-state index is 12.5. The second-order valence-electron chi connectivity index (χ2n) is 5.39. The number of fused-ring (bicyclic) bond motifs is 1. The molecule has 1 aliphatic carbocycles. The number of aliphatic carboxylic acids is 1. The molecule has 0 heterocycles. The van der Waals surface area contributed by atoms with Gasteiger partial charge in [0.15, 0.2) is 5.78 Å². The number of benzene rings is 2. The molecule has 116 valence electrons. The zero-order valence-electron chi connectivity index (χ0n) is 12.5. The van der Waals surface area contributed by atoms with Crippen molar-refractivity contribution in [1.29, 1.82) is 0 Å². The molecular formula is C19H15O4-. The molecule has 4 nitrogen and oxygen atoms in total. The Bertz CT molecular complexity index is 772. The summed E-state index contributed by atoms with van der Waals surface area (Å²) in [4.78, 5) is 22.9. The van der Waals surface area contributed by atoms with Crippen LogP contribution in [0.5, 0.6) is 5.75 Å². The van der Waals surface area contributed by atoms with E-state index in [9.17, 15) is 14.7 Å². The van der Waals surface area contributed by atoms with Gasteiger partial charge >= 0.3 is 0 Å². The Hall–Kier alpha value is -2.88. The van der Waals surface area contributed by atoms with Crippen LogP contribution in [0.15, 0.2) is 54.1 Å². The Morgan fingerprint density at radius 1 is 1.09 bits per heavy atom. The van der Waals surface area contributed by atoms with Crippen molar-refractivity contribution in [1.82, 2.24) is 0 Å². The van der Waals surface area contributed by atoms with E-state index in [4.69, 9.17) is 4.74 Å². The molecule has 0 unspecified atom stereocenters. The molecule has 0 bridgehead atoms. The Labute approximate surface area is 134 Å². The van der Waals surface area contributed by atoms with E-state index < -0.39 is 12.6 Å². The number of carbonyl (C=O) groups excluding carboxylic acids is 2. The van der Waals surface area contributed by atoms with Crippen molar-refractivity contribution in [2.75, 3.05) is 6.61 Å². The summed E-state index contributed by atoms with van der Waals surface area (Å²) in [5.41, 5.74) is 3.54. The molecule has 0 aromatic heterocycles. The van der Waals surface area contributed by atoms with Gasteiger partial charge in [-0.2, -0.15) is 0 Å². The Kier molecular flexibility index (Phi) is 4.24. The summed E-state index contributed by atoms with van der Waals surface area (Å²) in [6.07, 6.45) is 3.46. The van der Waals surface area contributed by atoms with Gasteiger partial charge in [-0.25, -0.2) is 0 Å². The first-order valence-electron chi connectivity index (χ1n) is 7.39. The van der Waals surface area contributed by atoms with Crippen molar-refractivity contribution in [3.63, 3.8) is 0 Å². The van der Waals surface area contributed by atoms with Crippen LogP contribution in [0.2, 0.25) is 0 Å². The van der Waals surface area contributed by atoms with Gasteiger partial charge < -0.3 is 14.6 Å². The van der Waals surface area contributed by atoms with Crippen molar-refractivity contribution in [3.05, 3.63) is 70.8 Å². The average molecular weight is 307 g/mol. The molecule has 0 amide bonds. The van der Waals surface area contributed by atoms with Gasteiger partial charge in [-0.1, -0.05) is 36.4 Å². The standard InChI is InChI=1S/C19H16O4/c20-18(21)12-23-16-9-5-13(6-10-16)11-15-8-7-14-3-1-2-4-17(14)19(15)22/h1-6,9-11H,7-8,12H2,(H,20,21)/p-1/b15-11+. The largest absolute Gasteiger partial charge is 0.546 e. The van der Waals surface area contributed by atoms with E-state index in [0.717, 1.165) is 35.1 Å². The van der Waals surface area contributed by atoms with E-state index in [-0.39, 0.29) is 5.78 Å². The van der Waals surface area contributed by atoms with Crippen LogP contribution in [0.25, 0.3) is 6.08 Å². The lowest BCUT2D eigenvalue weighted by Crippen LogP contribution is -2.28. The lowest BCUT2D eigenvalue weighted by molar-refractivity contribution is -0.307. The van der Waals surface area contributed by atoms with Crippen molar-refractivity contribution < 1.29 is 19.4 Å². The summed E-state index contributed by atoms with van der Waals surface area (Å²) in [5.74, 6) is -0.733. The third-order valence-electron chi connectivity index (χ3n) is 3.80. The zero-order valence-corrected chi connectivity index (χ0v) is 12.5. The van der Waals surface area contributed by atoms with Gasteiger partial charge in [-0.05, 0) is 42.2 Å². The van der Waals surface area contributed by atoms with Gasteiger partial charge in [-0.3, -0.25) is 4.79 Å². The molecule has 1 aliphatic rings. The normalized spacial score (nSPS) is 15.3. The van der Waals surface area contributed by atoms with E-state index in [1.165, 1.54) is 0 Å². The molecule has 0 atom stereocenters. The number of hydrogen-bond acceptors (Lipinski definition) is 4. The van der Waals surface area contributed by atoms with E-state index in [1.54, 1.807) is 24.3 Å². The monoisotopic (exact) mass is 307 g/mol. The SMILES string of the molecule is O=C([O-])COc1ccc(/C=C2\CCc3ccccc3C2=O)cc1. The Morgan fingerprint density at radius 2 is 1.83 bits per heavy atom. The molecule has 0 saturated carbocycles. The minimum atomic E-state index is -1.26. The second-order valence-corrected chi connectivity index (χ2v) is 5.39. The van der Waals surface area contributed by atoms with Gasteiger partial charge in [0, 0.05) is 11.1 Å². The maximum Gasteiger partial charge on any atom is 0.189 e. The van der Waals surface area contributed by atoms with E-state index in [2.05, 4.69) is 0 Å². The maximum absolute atomic E-state index is 12.5. The fourth-order valence-corrected chi connectivity index (χ4v) is 2.66. The van der Waals surface area contributed by atoms with E-state index in [0.29, 0.717) is 5.75 Å². The smallest absolute Gasteiger partial charge is 0.189 e. The van der Waals surface area contributed by atoms with Crippen LogP contribution in [0, 0.1) is 0 Å². The first kappa shape index (κ1) is 15.0. The number of carbonyl (C=O) groups is 2. The van der Waals surface area contributed by atoms with Crippen LogP contribution < -0.4 is 9.84 Å². The number of carboxylic acid groups (broad SMARTS) is 1. The first-order chi connectivity index (χ1) is 11.1. The van der Waals surface area contributed by atoms with E-state index in [1.807, 2.05) is 30.3 Å². The fraction of sp³-hybridized carbons (Fsp3) is 0.158. The lowest BCUT2D eigenvalue weighted by Gasteiger charge is -2.17. The van der Waals surface area contributed by atoms with Crippen molar-refractivity contribution >= 4 is 17.8 Å². The lowest BCUT2D eigenvalue weighted by atomic mass is 9.86. The highest BCUT2D eigenvalue weighted by Gasteiger charge is 2.20. The number of ether oxygens (including phenoxy) is 1. The van der Waals surface area contributed by atoms with Gasteiger partial charge in [0.25, 0.3) is 0 Å². The van der Waals surface area contributed by atoms with Crippen LogP contribution in [0.4, 0.5) is 0 Å². The molecule has 0 N–H and O–H groups in total. The highest BCUT2D eigenvalue weighted by molar-refractivity contribution is 6.13. The predicted molar refractivity (Wildman–Crippen MR) is 84.0 cm³/mol. The van der Waals surface area contributed by atoms with Gasteiger partial charge in [-0.15, -0.1) is 0 Å². The summed E-state index contributed by atoms with van der Waals surface area (Å²) >= 11 is 0. The summed E-state index contributed by atoms with van der Waals surface area (Å²) < 4.78 is 5.03. The first-order valence-corrected chi connectivity index (χ1v) is 7.39. The summed E-state index contributed by atoms with van der Waals surface area (Å²) in [6, 6.07) is 14.6. The minimum absolute atomic E-state index is 0.0733. The summed E-state index contributed by atoms with van der Waals surface area (Å²) in [5, 5.41) is 10.4. The van der Waals surface area contributed by atoms with Gasteiger partial charge in [0.2, 0.25) is 0 Å². The summed E-state index contributed by atoms with van der Waals surface area (Å²) in [6.45, 7) is -0.476. The topological polar surface area (TPSA) is 66.4 Å². The molecule has 4 heteroatoms. The number of hydrogen-bond donors (Lipinski definition) is 0. The number of aryl methyl sites for hydroxylation is 1. The molecule has 0 radical (unpaired) electrons. The molecule has 0 aliphatic heterocycles. The van der Waals surface area contributed by atoms with Crippen LogP contribution in [-0.2, 0) is 11.2 Å². The predicted octanol–water partition coefficient (Wildman–Crippen LogP) is 2.03. The fourth-order valence-electron chi connectivity index (χ4n) is 2.66. The third kappa shape index (κ3) is 3.48. The van der Waals surface area contributed by atoms with Crippen LogP contribution in [-0.4, -0.2) is 18.4 Å². The van der Waals surface area contributed by atoms with Crippen molar-refractivity contribution in [2.45, 2.75) is 12.8 Å². The number of ketones is 1. The van der Waals surface area contributed by atoms with Gasteiger partial charge in [0.05, 0.1) is 5.97 Å². The summed E-state index contributed by atoms with van der Waals surface area (Å²) in [7, 11) is 0. The molecule has 3 rings (SSSR count). The van der Waals surface area contributed by atoms with Crippen molar-refractivity contribution in [3.8, 4) is 5.75 Å². The van der Waals surface area contributed by atoms with Crippen LogP contribution >= 0.6 is 0 Å². The molecule has 2 aromatic carbocycles. The molecule has 0 spiro atoms. The second kappa shape index (κ2) is 6.48. The molecule has 2 aromatic rings. The Balaban J connectivity index is 1.77. The molecular weight excluding hydrogens is 292 g/mol. The average Bonchev–Trinajstić information content (AvgIpc) is 2.57. The zero-order chi connectivity index (χ0) is 16.2. The van der Waals surface area contributed by atoms with Crippen LogP contribution in [0.1, 0.15) is 27.9 Å². The molecule has 0 fully saturated rings. The minimum Gasteiger partial charge on any atom is -0.546 e. The van der Waals surface area contributed by atoms with E-state index >= 15 is 0 Å². The number of allylic oxidation sites excluding steroid dienone is 1. The van der Waals surface area contributed by atoms with Gasteiger partial charge in [0.1, 0.15) is 12.4 Å². The quantitative estimate of drug-likeness (QED) is 0.811. The number of carboxylic acids is 1.